The molecule has 0 spiro atoms. The first-order chi connectivity index (χ1) is 15.2. The van der Waals surface area contributed by atoms with Crippen molar-refractivity contribution in [3.63, 3.8) is 0 Å². The van der Waals surface area contributed by atoms with E-state index in [4.69, 9.17) is 0 Å². The van der Waals surface area contributed by atoms with Crippen molar-refractivity contribution in [2.75, 3.05) is 26.2 Å². The summed E-state index contributed by atoms with van der Waals surface area (Å²) in [5.41, 5.74) is 0. The van der Waals surface area contributed by atoms with Gasteiger partial charge < -0.3 is 15.1 Å². The van der Waals surface area contributed by atoms with E-state index in [1.54, 1.807) is 16.3 Å². The molecule has 1 aromatic carbocycles. The normalized spacial score (nSPS) is 15.3. The predicted octanol–water partition coefficient (Wildman–Crippen LogP) is 1.89. The van der Waals surface area contributed by atoms with Gasteiger partial charge in [0.05, 0.1) is 9.77 Å². The van der Waals surface area contributed by atoms with Crippen LogP contribution < -0.4 is 5.32 Å². The lowest BCUT2D eigenvalue weighted by Crippen LogP contribution is -2.57. The summed E-state index contributed by atoms with van der Waals surface area (Å²) in [5, 5.41) is 2.13. The molecule has 11 heteroatoms. The van der Waals surface area contributed by atoms with Gasteiger partial charge in [0.25, 0.3) is 11.8 Å². The number of sulfone groups is 1. The van der Waals surface area contributed by atoms with Crippen LogP contribution in [0.25, 0.3) is 0 Å². The van der Waals surface area contributed by atoms with Gasteiger partial charge in [-0.15, -0.1) is 11.3 Å². The fraction of sp³-hybridized carbons (Fsp3) is 0.381. The molecule has 1 aliphatic rings. The van der Waals surface area contributed by atoms with Gasteiger partial charge >= 0.3 is 0 Å². The van der Waals surface area contributed by atoms with Crippen LogP contribution in [0.5, 0.6) is 0 Å². The molecule has 0 aliphatic carbocycles. The second-order valence-corrected chi connectivity index (χ2v) is 10.3. The number of piperazine rings is 1. The van der Waals surface area contributed by atoms with Crippen molar-refractivity contribution < 1.29 is 27.2 Å². The number of benzene rings is 1. The van der Waals surface area contributed by atoms with Crippen LogP contribution in [0.1, 0.15) is 29.4 Å². The van der Waals surface area contributed by atoms with Crippen molar-refractivity contribution in [1.82, 2.24) is 15.1 Å². The predicted molar refractivity (Wildman–Crippen MR) is 117 cm³/mol. The zero-order chi connectivity index (χ0) is 23.3. The first-order valence-electron chi connectivity index (χ1n) is 10.1. The van der Waals surface area contributed by atoms with Crippen LogP contribution in [0, 0.1) is 5.82 Å². The maximum absolute atomic E-state index is 13.3. The highest BCUT2D eigenvalue weighted by Crippen LogP contribution is 2.19. The topological polar surface area (TPSA) is 104 Å². The summed E-state index contributed by atoms with van der Waals surface area (Å²) in [7, 11) is -4.36. The highest BCUT2D eigenvalue weighted by molar-refractivity contribution is 7.92. The van der Waals surface area contributed by atoms with E-state index in [9.17, 15) is 27.2 Å². The van der Waals surface area contributed by atoms with Crippen molar-refractivity contribution in [3.8, 4) is 0 Å². The molecule has 172 valence electrons. The highest BCUT2D eigenvalue weighted by atomic mass is 32.2. The minimum absolute atomic E-state index is 0.0129. The van der Waals surface area contributed by atoms with E-state index in [1.165, 1.54) is 11.0 Å². The van der Waals surface area contributed by atoms with Crippen LogP contribution in [0.2, 0.25) is 0 Å². The first-order valence-corrected chi connectivity index (χ1v) is 12.6. The molecular weight excluding hydrogens is 457 g/mol. The molecule has 3 rings (SSSR count). The Bertz CT molecular complexity index is 1060. The number of carbonyl (C=O) groups is 3. The van der Waals surface area contributed by atoms with E-state index in [0.717, 1.165) is 35.6 Å². The Hall–Kier alpha value is -2.79. The van der Waals surface area contributed by atoms with Gasteiger partial charge in [-0.3, -0.25) is 14.4 Å². The summed E-state index contributed by atoms with van der Waals surface area (Å²) in [6.07, 6.45) is 1.12. The third-order valence-electron chi connectivity index (χ3n) is 5.09. The molecule has 2 heterocycles. The number of thiophene rings is 1. The molecule has 1 unspecified atom stereocenters. The van der Waals surface area contributed by atoms with Crippen LogP contribution in [0.4, 0.5) is 4.39 Å². The molecule has 0 radical (unpaired) electrons. The van der Waals surface area contributed by atoms with Crippen LogP contribution in [-0.4, -0.2) is 67.5 Å². The van der Waals surface area contributed by atoms with Crippen molar-refractivity contribution >= 4 is 38.9 Å². The van der Waals surface area contributed by atoms with Gasteiger partial charge in [-0.05, 0) is 42.1 Å². The summed E-state index contributed by atoms with van der Waals surface area (Å²) in [4.78, 5) is 40.9. The number of nitrogens with zero attached hydrogens (tertiary/aromatic N) is 2. The van der Waals surface area contributed by atoms with E-state index in [1.807, 2.05) is 6.92 Å². The van der Waals surface area contributed by atoms with Crippen LogP contribution in [0.15, 0.2) is 46.7 Å². The summed E-state index contributed by atoms with van der Waals surface area (Å²) in [6, 6.07) is 7.23. The number of carbonyl (C=O) groups excluding carboxylic acids is 3. The number of amides is 3. The Labute approximate surface area is 189 Å². The van der Waals surface area contributed by atoms with Gasteiger partial charge in [-0.25, -0.2) is 12.8 Å². The number of rotatable bonds is 7. The quantitative estimate of drug-likeness (QED) is 0.609. The lowest BCUT2D eigenvalue weighted by atomic mass is 10.2. The third-order valence-corrected chi connectivity index (χ3v) is 7.83. The molecule has 1 aliphatic heterocycles. The van der Waals surface area contributed by atoms with E-state index in [0.29, 0.717) is 12.8 Å². The van der Waals surface area contributed by atoms with Gasteiger partial charge in [-0.1, -0.05) is 13.0 Å². The molecule has 8 nitrogen and oxygen atoms in total. The molecule has 1 fully saturated rings. The van der Waals surface area contributed by atoms with Crippen LogP contribution in [0.3, 0.4) is 0 Å². The summed E-state index contributed by atoms with van der Waals surface area (Å²) < 4.78 is 39.8. The maximum atomic E-state index is 13.3. The Balaban J connectivity index is 1.84. The van der Waals surface area contributed by atoms with Gasteiger partial charge in [-0.2, -0.15) is 0 Å². The smallest absolute Gasteiger partial charge is 0.262 e. The number of nitrogens with one attached hydrogen (secondary N) is 1. The largest absolute Gasteiger partial charge is 0.339 e. The van der Waals surface area contributed by atoms with E-state index in [-0.39, 0.29) is 41.9 Å². The molecule has 0 saturated carbocycles. The zero-order valence-electron chi connectivity index (χ0n) is 17.5. The molecule has 1 N–H and O–H groups in total. The second kappa shape index (κ2) is 10.2. The molecule has 3 amide bonds. The highest BCUT2D eigenvalue weighted by Gasteiger charge is 2.39. The van der Waals surface area contributed by atoms with Crippen molar-refractivity contribution in [2.45, 2.75) is 30.0 Å². The summed E-state index contributed by atoms with van der Waals surface area (Å²) >= 11 is 1.11. The minimum Gasteiger partial charge on any atom is -0.339 e. The lowest BCUT2D eigenvalue weighted by molar-refractivity contribution is -0.139. The van der Waals surface area contributed by atoms with E-state index in [2.05, 4.69) is 5.32 Å². The Morgan fingerprint density at radius 2 is 1.69 bits per heavy atom. The second-order valence-electron chi connectivity index (χ2n) is 7.29. The van der Waals surface area contributed by atoms with E-state index < -0.39 is 32.8 Å². The molecule has 2 aromatic rings. The molecule has 0 bridgehead atoms. The number of hydrogen-bond acceptors (Lipinski definition) is 6. The monoisotopic (exact) mass is 481 g/mol. The Morgan fingerprint density at radius 1 is 1.06 bits per heavy atom. The van der Waals surface area contributed by atoms with E-state index >= 15 is 0 Å². The molecular formula is C21H24FN3O5S2. The zero-order valence-corrected chi connectivity index (χ0v) is 19.1. The average Bonchev–Trinajstić information content (AvgIpc) is 3.32. The first kappa shape index (κ1) is 23.9. The van der Waals surface area contributed by atoms with Gasteiger partial charge in [0.1, 0.15) is 5.82 Å². The van der Waals surface area contributed by atoms with Crippen LogP contribution >= 0.6 is 11.3 Å². The number of hydrogen-bond donors (Lipinski definition) is 1. The van der Waals surface area contributed by atoms with Crippen molar-refractivity contribution in [3.05, 3.63) is 52.5 Å². The number of halogens is 1. The van der Waals surface area contributed by atoms with Crippen molar-refractivity contribution in [2.24, 2.45) is 0 Å². The maximum Gasteiger partial charge on any atom is 0.262 e. The summed E-state index contributed by atoms with van der Waals surface area (Å²) in [6.45, 7) is 2.77. The standard InChI is InChI=1S/C21H24FN3O5S2/c1-2-4-18(26)24-10-12-25(13-11-24)21(28)20(23-19(27)17-5-3-14-31-17)32(29,30)16-8-6-15(22)7-9-16/h3,5-9,14,20H,2,4,10-13H2,1H3,(H,23,27). The SMILES string of the molecule is CCCC(=O)N1CCN(C(=O)C(NC(=O)c2cccs2)S(=O)(=O)c2ccc(F)cc2)CC1. The third kappa shape index (κ3) is 5.33. The van der Waals surface area contributed by atoms with Crippen LogP contribution in [-0.2, 0) is 19.4 Å². The minimum atomic E-state index is -4.36. The molecule has 1 atom stereocenters. The van der Waals surface area contributed by atoms with Gasteiger partial charge in [0, 0.05) is 32.6 Å². The Morgan fingerprint density at radius 3 is 2.25 bits per heavy atom. The fourth-order valence-corrected chi connectivity index (χ4v) is 5.44. The molecule has 1 saturated heterocycles. The van der Waals surface area contributed by atoms with Crippen molar-refractivity contribution in [1.29, 1.82) is 0 Å². The lowest BCUT2D eigenvalue weighted by Gasteiger charge is -2.36. The summed E-state index contributed by atoms with van der Waals surface area (Å²) in [5.74, 6) is -2.12. The van der Waals surface area contributed by atoms with Gasteiger partial charge in [0.15, 0.2) is 0 Å². The molecule has 32 heavy (non-hydrogen) atoms. The molecule has 1 aromatic heterocycles. The fourth-order valence-electron chi connectivity index (χ4n) is 3.34. The average molecular weight is 482 g/mol. The Kier molecular flexibility index (Phi) is 7.62. The van der Waals surface area contributed by atoms with Gasteiger partial charge in [0.2, 0.25) is 21.1 Å².